The number of hydrogen-bond donors (Lipinski definition) is 2. The Morgan fingerprint density at radius 3 is 2.30 bits per heavy atom. The zero-order valence-corrected chi connectivity index (χ0v) is 24.7. The number of hydrogen-bond acceptors (Lipinski definition) is 7. The number of benzene rings is 4. The highest BCUT2D eigenvalue weighted by Crippen LogP contribution is 2.36. The zero-order chi connectivity index (χ0) is 30.8. The van der Waals surface area contributed by atoms with Crippen LogP contribution < -0.4 is 5.32 Å². The Hall–Kier alpha value is -4.67. The second-order valence-corrected chi connectivity index (χ2v) is 13.0. The van der Waals surface area contributed by atoms with E-state index >= 15 is 0 Å². The van der Waals surface area contributed by atoms with Gasteiger partial charge in [0.05, 0.1) is 23.0 Å². The summed E-state index contributed by atoms with van der Waals surface area (Å²) in [5, 5.41) is 13.6. The van der Waals surface area contributed by atoms with Crippen LogP contribution in [0.25, 0.3) is 33.1 Å². The first-order chi connectivity index (χ1) is 20.4. The van der Waals surface area contributed by atoms with Crippen LogP contribution in [0.4, 0.5) is 4.79 Å². The van der Waals surface area contributed by atoms with Crippen LogP contribution >= 0.6 is 0 Å². The predicted octanol–water partition coefficient (Wildman–Crippen LogP) is 6.58. The van der Waals surface area contributed by atoms with Gasteiger partial charge in [0.2, 0.25) is 9.84 Å². The van der Waals surface area contributed by atoms with Gasteiger partial charge in [-0.25, -0.2) is 18.0 Å². The molecule has 0 aliphatic heterocycles. The molecular weight excluding hydrogens is 570 g/mol. The first-order valence-corrected chi connectivity index (χ1v) is 15.1. The maximum absolute atomic E-state index is 13.5. The average Bonchev–Trinajstić information content (AvgIpc) is 3.35. The van der Waals surface area contributed by atoms with E-state index in [-0.39, 0.29) is 23.0 Å². The molecule has 1 unspecified atom stereocenters. The molecule has 5 aromatic rings. The van der Waals surface area contributed by atoms with Crippen molar-refractivity contribution in [3.63, 3.8) is 0 Å². The third kappa shape index (κ3) is 6.71. The van der Waals surface area contributed by atoms with Gasteiger partial charge in [-0.15, -0.1) is 0 Å². The molecule has 1 heterocycles. The fourth-order valence-electron chi connectivity index (χ4n) is 4.63. The monoisotopic (exact) mass is 601 g/mol. The Labute approximate surface area is 249 Å². The second kappa shape index (κ2) is 11.9. The van der Waals surface area contributed by atoms with Gasteiger partial charge in [-0.05, 0) is 62.2 Å². The van der Waals surface area contributed by atoms with E-state index in [1.54, 1.807) is 51.1 Å². The number of fused-ring (bicyclic) bond motifs is 3. The van der Waals surface area contributed by atoms with Crippen molar-refractivity contribution in [3.05, 3.63) is 96.6 Å². The molecule has 0 saturated heterocycles. The van der Waals surface area contributed by atoms with Gasteiger partial charge in [-0.3, -0.25) is 0 Å². The summed E-state index contributed by atoms with van der Waals surface area (Å²) in [5.74, 6) is -1.27. The van der Waals surface area contributed by atoms with Crippen LogP contribution in [0.1, 0.15) is 26.3 Å². The highest BCUT2D eigenvalue weighted by atomic mass is 32.2. The largest absolute Gasteiger partial charge is 0.480 e. The number of amides is 1. The molecule has 2 N–H and O–H groups in total. The molecule has 43 heavy (non-hydrogen) atoms. The first-order valence-electron chi connectivity index (χ1n) is 13.6. The second-order valence-electron chi connectivity index (χ2n) is 11.0. The third-order valence-corrected chi connectivity index (χ3v) is 8.40. The fourth-order valence-corrected chi connectivity index (χ4v) is 5.93. The number of carbonyl (C=O) groups is 2. The summed E-state index contributed by atoms with van der Waals surface area (Å²) in [7, 11) is -3.85. The lowest BCUT2D eigenvalue weighted by Gasteiger charge is -2.22. The number of sulfone groups is 1. The Balaban J connectivity index is 1.29. The quantitative estimate of drug-likeness (QED) is 0.194. The topological polar surface area (TPSA) is 132 Å². The normalized spacial score (nSPS) is 12.7. The number of aliphatic carboxylic acids is 1. The highest BCUT2D eigenvalue weighted by Gasteiger charge is 2.24. The van der Waals surface area contributed by atoms with E-state index in [0.29, 0.717) is 16.7 Å². The van der Waals surface area contributed by atoms with Crippen LogP contribution in [0.2, 0.25) is 0 Å². The van der Waals surface area contributed by atoms with Gasteiger partial charge >= 0.3 is 12.1 Å². The molecular formula is C33H31NO8S. The molecule has 1 aromatic heterocycles. The van der Waals surface area contributed by atoms with Gasteiger partial charge < -0.3 is 24.3 Å². The SMILES string of the molecule is CC(C)(C)OC(=O)NC(COCc1ccc(S(=O)(=O)c2cccc(-c3cccc4c3oc3ccccc34)c2)cc1)C(=O)O. The average molecular weight is 602 g/mol. The zero-order valence-electron chi connectivity index (χ0n) is 23.9. The Bertz CT molecular complexity index is 1900. The molecule has 0 aliphatic rings. The number of nitrogens with one attached hydrogen (secondary N) is 1. The molecule has 0 aliphatic carbocycles. The molecule has 222 valence electrons. The molecule has 0 radical (unpaired) electrons. The van der Waals surface area contributed by atoms with E-state index < -0.39 is 33.5 Å². The van der Waals surface area contributed by atoms with Gasteiger partial charge in [0.1, 0.15) is 16.8 Å². The Morgan fingerprint density at radius 1 is 0.884 bits per heavy atom. The van der Waals surface area contributed by atoms with Crippen molar-refractivity contribution in [2.45, 2.75) is 48.8 Å². The van der Waals surface area contributed by atoms with Crippen LogP contribution in [-0.2, 0) is 30.7 Å². The van der Waals surface area contributed by atoms with Crippen molar-refractivity contribution >= 4 is 43.8 Å². The van der Waals surface area contributed by atoms with E-state index in [1.165, 1.54) is 12.1 Å². The van der Waals surface area contributed by atoms with E-state index in [0.717, 1.165) is 21.9 Å². The third-order valence-electron chi connectivity index (χ3n) is 6.64. The van der Waals surface area contributed by atoms with E-state index in [9.17, 15) is 23.1 Å². The van der Waals surface area contributed by atoms with Crippen molar-refractivity contribution < 1.29 is 37.0 Å². The fraction of sp³-hybridized carbons (Fsp3) is 0.212. The van der Waals surface area contributed by atoms with Gasteiger partial charge in [-0.2, -0.15) is 0 Å². The van der Waals surface area contributed by atoms with Gasteiger partial charge in [0.15, 0.2) is 6.04 Å². The minimum absolute atomic E-state index is 0.0110. The molecule has 1 amide bonds. The smallest absolute Gasteiger partial charge is 0.408 e. The molecule has 4 aromatic carbocycles. The molecule has 0 saturated carbocycles. The number of furan rings is 1. The van der Waals surface area contributed by atoms with Crippen LogP contribution in [-0.4, -0.2) is 43.8 Å². The van der Waals surface area contributed by atoms with E-state index in [1.807, 2.05) is 48.5 Å². The van der Waals surface area contributed by atoms with Crippen LogP contribution in [0.15, 0.2) is 105 Å². The summed E-state index contributed by atoms with van der Waals surface area (Å²) in [6, 6.07) is 25.2. The van der Waals surface area contributed by atoms with Crippen molar-refractivity contribution in [2.24, 2.45) is 0 Å². The lowest BCUT2D eigenvalue weighted by molar-refractivity contribution is -0.141. The van der Waals surface area contributed by atoms with Crippen molar-refractivity contribution in [3.8, 4) is 11.1 Å². The van der Waals surface area contributed by atoms with Gasteiger partial charge in [0, 0.05) is 16.3 Å². The predicted molar refractivity (Wildman–Crippen MR) is 161 cm³/mol. The van der Waals surface area contributed by atoms with Crippen LogP contribution in [0, 0.1) is 0 Å². The Kier molecular flexibility index (Phi) is 8.25. The number of carboxylic acids is 1. The summed E-state index contributed by atoms with van der Waals surface area (Å²) < 4.78 is 43.8. The molecule has 0 spiro atoms. The van der Waals surface area contributed by atoms with Crippen molar-refractivity contribution in [1.29, 1.82) is 0 Å². The highest BCUT2D eigenvalue weighted by molar-refractivity contribution is 7.91. The number of carboxylic acid groups (broad SMARTS) is 1. The maximum atomic E-state index is 13.5. The Morgan fingerprint density at radius 2 is 1.58 bits per heavy atom. The van der Waals surface area contributed by atoms with Crippen molar-refractivity contribution in [1.82, 2.24) is 5.32 Å². The minimum atomic E-state index is -3.85. The molecule has 10 heteroatoms. The minimum Gasteiger partial charge on any atom is -0.480 e. The van der Waals surface area contributed by atoms with Crippen LogP contribution in [0.5, 0.6) is 0 Å². The van der Waals surface area contributed by atoms with E-state index in [2.05, 4.69) is 5.32 Å². The number of para-hydroxylation sites is 2. The number of carbonyl (C=O) groups excluding carboxylic acids is 1. The summed E-state index contributed by atoms with van der Waals surface area (Å²) in [6.45, 7) is 4.71. The molecule has 0 fully saturated rings. The summed E-state index contributed by atoms with van der Waals surface area (Å²) >= 11 is 0. The van der Waals surface area contributed by atoms with Gasteiger partial charge in [-0.1, -0.05) is 60.7 Å². The standard InChI is InChI=1S/C33H31NO8S/c1-33(2,3)42-32(37)34-28(31(35)36)20-40-19-21-14-16-23(17-15-21)43(38,39)24-9-6-8-22(18-24)25-11-7-12-27-26-10-4-5-13-29(26)41-30(25)27/h4-18,28H,19-20H2,1-3H3,(H,34,37)(H,35,36). The summed E-state index contributed by atoms with van der Waals surface area (Å²) in [5.41, 5.74) is 2.80. The first kappa shape index (κ1) is 29.8. The van der Waals surface area contributed by atoms with Crippen molar-refractivity contribution in [2.75, 3.05) is 6.61 Å². The molecule has 1 atom stereocenters. The van der Waals surface area contributed by atoms with E-state index in [4.69, 9.17) is 13.9 Å². The molecule has 0 bridgehead atoms. The number of rotatable bonds is 9. The molecule has 9 nitrogen and oxygen atoms in total. The van der Waals surface area contributed by atoms with Gasteiger partial charge in [0.25, 0.3) is 0 Å². The van der Waals surface area contributed by atoms with Crippen LogP contribution in [0.3, 0.4) is 0 Å². The number of alkyl carbamates (subject to hydrolysis) is 1. The maximum Gasteiger partial charge on any atom is 0.408 e. The lowest BCUT2D eigenvalue weighted by Crippen LogP contribution is -2.46. The lowest BCUT2D eigenvalue weighted by atomic mass is 10.0. The number of ether oxygens (including phenoxy) is 2. The molecule has 5 rings (SSSR count). The summed E-state index contributed by atoms with van der Waals surface area (Å²) in [6.07, 6.45) is -0.864. The summed E-state index contributed by atoms with van der Waals surface area (Å²) in [4.78, 5) is 23.7.